The number of nitrogens with two attached hydrogens (primary N) is 1. The summed E-state index contributed by atoms with van der Waals surface area (Å²) >= 11 is 0. The van der Waals surface area contributed by atoms with Crippen molar-refractivity contribution < 1.29 is 27.8 Å². The van der Waals surface area contributed by atoms with Crippen LogP contribution in [0.15, 0.2) is 12.1 Å². The highest BCUT2D eigenvalue weighted by Gasteiger charge is 2.70. The van der Waals surface area contributed by atoms with Crippen LogP contribution in [-0.4, -0.2) is 31.8 Å². The minimum Gasteiger partial charge on any atom is -0.493 e. The van der Waals surface area contributed by atoms with Gasteiger partial charge in [0.15, 0.2) is 11.5 Å². The quantitative estimate of drug-likeness (QED) is 0.876. The van der Waals surface area contributed by atoms with Gasteiger partial charge in [-0.1, -0.05) is 0 Å². The Balaban J connectivity index is 2.43. The van der Waals surface area contributed by atoms with Crippen LogP contribution in [0.2, 0.25) is 0 Å². The van der Waals surface area contributed by atoms with Gasteiger partial charge in [0.25, 0.3) is 5.92 Å². The van der Waals surface area contributed by atoms with E-state index in [4.69, 9.17) is 19.9 Å². The van der Waals surface area contributed by atoms with E-state index >= 15 is 0 Å². The van der Waals surface area contributed by atoms with Gasteiger partial charge in [-0.25, -0.2) is 13.6 Å². The molecule has 0 spiro atoms. The second-order valence-corrected chi connectivity index (χ2v) is 6.73. The molecule has 0 saturated heterocycles. The fourth-order valence-corrected chi connectivity index (χ4v) is 2.36. The molecule has 1 aliphatic carbocycles. The summed E-state index contributed by atoms with van der Waals surface area (Å²) in [7, 11) is 2.79. The number of benzene rings is 1. The maximum absolute atomic E-state index is 13.7. The van der Waals surface area contributed by atoms with E-state index < -0.39 is 29.6 Å². The molecule has 1 aliphatic rings. The van der Waals surface area contributed by atoms with Gasteiger partial charge in [-0.2, -0.15) is 0 Å². The first-order valence-electron chi connectivity index (χ1n) is 7.37. The second kappa shape index (κ2) is 5.77. The van der Waals surface area contributed by atoms with Crippen LogP contribution in [0, 0.1) is 0 Å². The highest BCUT2D eigenvalue weighted by Crippen LogP contribution is 2.60. The molecule has 1 unspecified atom stereocenters. The fourth-order valence-electron chi connectivity index (χ4n) is 2.36. The van der Waals surface area contributed by atoms with Gasteiger partial charge in [0.1, 0.15) is 11.1 Å². The Hall–Kier alpha value is -2.09. The van der Waals surface area contributed by atoms with Crippen molar-refractivity contribution in [2.75, 3.05) is 19.5 Å². The summed E-state index contributed by atoms with van der Waals surface area (Å²) in [6, 6.07) is 2.74. The van der Waals surface area contributed by atoms with Crippen molar-refractivity contribution >= 4 is 11.8 Å². The van der Waals surface area contributed by atoms with E-state index in [1.54, 1.807) is 20.8 Å². The summed E-state index contributed by atoms with van der Waals surface area (Å²) in [6.07, 6.45) is -1.29. The first-order valence-corrected chi connectivity index (χ1v) is 7.37. The molecule has 1 fully saturated rings. The molecule has 1 aromatic carbocycles. The smallest absolute Gasteiger partial charge is 0.412 e. The van der Waals surface area contributed by atoms with Crippen molar-refractivity contribution in [2.24, 2.45) is 5.73 Å². The van der Waals surface area contributed by atoms with Crippen LogP contribution in [-0.2, 0) is 10.3 Å². The molecule has 0 bridgehead atoms. The molecular weight excluding hydrogens is 322 g/mol. The molecular formula is C16H22F2N2O4. The lowest BCUT2D eigenvalue weighted by molar-refractivity contribution is 0.0634. The first kappa shape index (κ1) is 18.3. The topological polar surface area (TPSA) is 82.8 Å². The number of amides is 1. The lowest BCUT2D eigenvalue weighted by Gasteiger charge is -2.23. The van der Waals surface area contributed by atoms with Gasteiger partial charge in [-0.15, -0.1) is 0 Å². The zero-order valence-electron chi connectivity index (χ0n) is 14.3. The van der Waals surface area contributed by atoms with Crippen LogP contribution in [0.25, 0.3) is 0 Å². The number of methoxy groups -OCH3 is 2. The summed E-state index contributed by atoms with van der Waals surface area (Å²) in [4.78, 5) is 12.0. The van der Waals surface area contributed by atoms with E-state index in [1.165, 1.54) is 26.4 Å². The van der Waals surface area contributed by atoms with E-state index in [9.17, 15) is 13.6 Å². The largest absolute Gasteiger partial charge is 0.493 e. The summed E-state index contributed by atoms with van der Waals surface area (Å²) in [6.45, 7) is 5.09. The molecule has 3 N–H and O–H groups in total. The van der Waals surface area contributed by atoms with E-state index in [0.29, 0.717) is 0 Å². The molecule has 0 aliphatic heterocycles. The van der Waals surface area contributed by atoms with Crippen LogP contribution in [0.3, 0.4) is 0 Å². The van der Waals surface area contributed by atoms with Crippen molar-refractivity contribution in [1.82, 2.24) is 0 Å². The minimum atomic E-state index is -3.06. The third kappa shape index (κ3) is 3.38. The van der Waals surface area contributed by atoms with Crippen molar-refractivity contribution in [2.45, 2.75) is 44.3 Å². The van der Waals surface area contributed by atoms with Gasteiger partial charge in [0.2, 0.25) is 0 Å². The predicted octanol–water partition coefficient (Wildman–Crippen LogP) is 3.24. The Morgan fingerprint density at radius 1 is 1.21 bits per heavy atom. The standard InChI is InChI=1S/C16H22F2N2O4/c1-14(2,3)24-13(21)20-10-7-12(23-5)11(22-4)6-9(10)15(19)8-16(15,17)18/h6-7H,8,19H2,1-5H3,(H,20,21). The number of halogens is 2. The highest BCUT2D eigenvalue weighted by molar-refractivity contribution is 5.87. The van der Waals surface area contributed by atoms with Crippen molar-refractivity contribution in [3.8, 4) is 11.5 Å². The number of carbonyl (C=O) groups excluding carboxylic acids is 1. The molecule has 1 aromatic rings. The number of ether oxygens (including phenoxy) is 3. The molecule has 2 rings (SSSR count). The number of alkyl halides is 2. The summed E-state index contributed by atoms with van der Waals surface area (Å²) in [5.74, 6) is -2.54. The van der Waals surface area contributed by atoms with Gasteiger partial charge in [-0.05, 0) is 26.8 Å². The summed E-state index contributed by atoms with van der Waals surface area (Å²) < 4.78 is 42.9. The number of hydrogen-bond donors (Lipinski definition) is 2. The number of hydrogen-bond acceptors (Lipinski definition) is 5. The zero-order valence-corrected chi connectivity index (χ0v) is 14.3. The number of carbonyl (C=O) groups is 1. The molecule has 0 radical (unpaired) electrons. The van der Waals surface area contributed by atoms with Crippen LogP contribution in [0.5, 0.6) is 11.5 Å². The Morgan fingerprint density at radius 2 is 1.71 bits per heavy atom. The summed E-state index contributed by atoms with van der Waals surface area (Å²) in [5.41, 5.74) is 3.39. The maximum Gasteiger partial charge on any atom is 0.412 e. The van der Waals surface area contributed by atoms with E-state index in [2.05, 4.69) is 5.32 Å². The molecule has 0 heterocycles. The molecule has 24 heavy (non-hydrogen) atoms. The average molecular weight is 344 g/mol. The Kier molecular flexibility index (Phi) is 4.39. The third-order valence-corrected chi connectivity index (χ3v) is 3.67. The predicted molar refractivity (Wildman–Crippen MR) is 84.8 cm³/mol. The molecule has 0 aromatic heterocycles. The maximum atomic E-state index is 13.7. The lowest BCUT2D eigenvalue weighted by Crippen LogP contribution is -2.31. The summed E-state index contributed by atoms with van der Waals surface area (Å²) in [5, 5.41) is 2.47. The van der Waals surface area contributed by atoms with Crippen LogP contribution >= 0.6 is 0 Å². The first-order chi connectivity index (χ1) is 10.9. The number of nitrogens with one attached hydrogen (secondary N) is 1. The molecule has 1 atom stereocenters. The van der Waals surface area contributed by atoms with Crippen LogP contribution in [0.4, 0.5) is 19.3 Å². The van der Waals surface area contributed by atoms with Gasteiger partial charge < -0.3 is 19.9 Å². The van der Waals surface area contributed by atoms with Crippen LogP contribution < -0.4 is 20.5 Å². The van der Waals surface area contributed by atoms with Crippen LogP contribution in [0.1, 0.15) is 32.8 Å². The minimum absolute atomic E-state index is 0.0657. The SMILES string of the molecule is COc1cc(NC(=O)OC(C)(C)C)c(C2(N)CC2(F)F)cc1OC. The molecule has 134 valence electrons. The van der Waals surface area contributed by atoms with E-state index in [1.807, 2.05) is 0 Å². The van der Waals surface area contributed by atoms with Gasteiger partial charge in [0.05, 0.1) is 19.9 Å². The molecule has 1 amide bonds. The second-order valence-electron chi connectivity index (χ2n) is 6.73. The Morgan fingerprint density at radius 3 is 2.12 bits per heavy atom. The van der Waals surface area contributed by atoms with Crippen molar-refractivity contribution in [3.63, 3.8) is 0 Å². The molecule has 8 heteroatoms. The zero-order chi connectivity index (χ0) is 18.3. The van der Waals surface area contributed by atoms with Gasteiger partial charge in [0, 0.05) is 18.1 Å². The van der Waals surface area contributed by atoms with Gasteiger partial charge in [-0.3, -0.25) is 5.32 Å². The number of anilines is 1. The Bertz CT molecular complexity index is 658. The van der Waals surface area contributed by atoms with E-state index in [-0.39, 0.29) is 22.7 Å². The monoisotopic (exact) mass is 344 g/mol. The molecule has 6 nitrogen and oxygen atoms in total. The Labute approximate surface area is 139 Å². The molecule has 1 saturated carbocycles. The normalized spacial score (nSPS) is 21.8. The van der Waals surface area contributed by atoms with Crippen molar-refractivity contribution in [1.29, 1.82) is 0 Å². The van der Waals surface area contributed by atoms with Gasteiger partial charge >= 0.3 is 6.09 Å². The average Bonchev–Trinajstić information content (AvgIpc) is 2.95. The lowest BCUT2D eigenvalue weighted by atomic mass is 10.0. The third-order valence-electron chi connectivity index (χ3n) is 3.67. The highest BCUT2D eigenvalue weighted by atomic mass is 19.3. The fraction of sp³-hybridized carbons (Fsp3) is 0.562. The van der Waals surface area contributed by atoms with Crippen molar-refractivity contribution in [3.05, 3.63) is 17.7 Å². The number of rotatable bonds is 4. The van der Waals surface area contributed by atoms with E-state index in [0.717, 1.165) is 0 Å².